The molecule has 0 radical (unpaired) electrons. The lowest BCUT2D eigenvalue weighted by molar-refractivity contribution is -0.384. The number of alkyl halides is 3. The van der Waals surface area contributed by atoms with E-state index in [1.54, 1.807) is 24.1 Å². The molecule has 7 nitrogen and oxygen atoms in total. The Labute approximate surface area is 157 Å². The van der Waals surface area contributed by atoms with Crippen molar-refractivity contribution in [2.75, 3.05) is 36.0 Å². The number of aryl methyl sites for hydroxylation is 1. The van der Waals surface area contributed by atoms with Gasteiger partial charge in [0, 0.05) is 38.4 Å². The van der Waals surface area contributed by atoms with Gasteiger partial charge in [-0.15, -0.1) is 0 Å². The molecule has 27 heavy (non-hydrogen) atoms. The summed E-state index contributed by atoms with van der Waals surface area (Å²) in [5, 5.41) is 10.8. The molecule has 1 saturated heterocycles. The molecule has 1 aromatic carbocycles. The van der Waals surface area contributed by atoms with Crippen LogP contribution in [-0.2, 0) is 6.18 Å². The number of halogens is 4. The average molecular weight is 402 g/mol. The van der Waals surface area contributed by atoms with E-state index >= 15 is 0 Å². The second-order valence-corrected chi connectivity index (χ2v) is 6.42. The van der Waals surface area contributed by atoms with Gasteiger partial charge in [0.1, 0.15) is 17.3 Å². The van der Waals surface area contributed by atoms with E-state index in [-0.39, 0.29) is 5.69 Å². The summed E-state index contributed by atoms with van der Waals surface area (Å²) in [4.78, 5) is 22.5. The Bertz CT molecular complexity index is 870. The first-order valence-electron chi connectivity index (χ1n) is 8.01. The van der Waals surface area contributed by atoms with Crippen molar-refractivity contribution < 1.29 is 18.1 Å². The minimum absolute atomic E-state index is 0.0801. The van der Waals surface area contributed by atoms with Crippen molar-refractivity contribution in [3.8, 4) is 0 Å². The molecule has 144 valence electrons. The first kappa shape index (κ1) is 19.2. The number of nitro groups is 1. The lowest BCUT2D eigenvalue weighted by atomic mass is 10.1. The molecule has 0 spiro atoms. The number of hydrogen-bond donors (Lipinski definition) is 0. The normalized spacial score (nSPS) is 15.1. The third-order valence-corrected chi connectivity index (χ3v) is 4.58. The molecular formula is C16H15ClF3N5O2. The van der Waals surface area contributed by atoms with Crippen molar-refractivity contribution in [1.29, 1.82) is 0 Å². The highest BCUT2D eigenvalue weighted by Crippen LogP contribution is 2.41. The SMILES string of the molecule is Cc1nccc(N2CCN(c3cc(Cl)c(C(F)(F)F)cc3[N+](=O)[O-])CC2)n1. The number of aromatic nitrogens is 2. The van der Waals surface area contributed by atoms with Crippen LogP contribution in [0.1, 0.15) is 11.4 Å². The topological polar surface area (TPSA) is 75.4 Å². The van der Waals surface area contributed by atoms with Crippen LogP contribution in [-0.4, -0.2) is 41.1 Å². The summed E-state index contributed by atoms with van der Waals surface area (Å²) in [5.41, 5.74) is -1.75. The quantitative estimate of drug-likeness (QED) is 0.576. The van der Waals surface area contributed by atoms with Crippen LogP contribution in [0.25, 0.3) is 0 Å². The number of rotatable bonds is 3. The lowest BCUT2D eigenvalue weighted by Crippen LogP contribution is -2.47. The predicted octanol–water partition coefficient (Wildman–Crippen LogP) is 3.69. The van der Waals surface area contributed by atoms with E-state index < -0.39 is 27.4 Å². The molecule has 1 aliphatic heterocycles. The molecule has 2 aromatic rings. The maximum absolute atomic E-state index is 13.0. The smallest absolute Gasteiger partial charge is 0.362 e. The molecule has 0 atom stereocenters. The molecule has 0 amide bonds. The summed E-state index contributed by atoms with van der Waals surface area (Å²) < 4.78 is 39.0. The summed E-state index contributed by atoms with van der Waals surface area (Å²) in [6, 6.07) is 3.28. The molecule has 1 fully saturated rings. The second-order valence-electron chi connectivity index (χ2n) is 6.01. The van der Waals surface area contributed by atoms with Crippen molar-refractivity contribution >= 4 is 28.8 Å². The molecular weight excluding hydrogens is 387 g/mol. The zero-order valence-electron chi connectivity index (χ0n) is 14.2. The van der Waals surface area contributed by atoms with E-state index in [9.17, 15) is 23.3 Å². The minimum atomic E-state index is -4.76. The van der Waals surface area contributed by atoms with Gasteiger partial charge in [0.25, 0.3) is 5.69 Å². The molecule has 0 bridgehead atoms. The Morgan fingerprint density at radius 1 is 1.19 bits per heavy atom. The highest BCUT2D eigenvalue weighted by atomic mass is 35.5. The van der Waals surface area contributed by atoms with Crippen molar-refractivity contribution in [1.82, 2.24) is 9.97 Å². The molecule has 1 aliphatic rings. The van der Waals surface area contributed by atoms with E-state index in [1.165, 1.54) is 0 Å². The molecule has 11 heteroatoms. The van der Waals surface area contributed by atoms with Crippen LogP contribution < -0.4 is 9.80 Å². The van der Waals surface area contributed by atoms with Crippen LogP contribution in [0.2, 0.25) is 5.02 Å². The minimum Gasteiger partial charge on any atom is -0.362 e. The van der Waals surface area contributed by atoms with Gasteiger partial charge in [-0.1, -0.05) is 11.6 Å². The fourth-order valence-corrected chi connectivity index (χ4v) is 3.23. The van der Waals surface area contributed by atoms with Crippen LogP contribution >= 0.6 is 11.6 Å². The number of anilines is 2. The van der Waals surface area contributed by atoms with Gasteiger partial charge in [0.2, 0.25) is 0 Å². The van der Waals surface area contributed by atoms with Gasteiger partial charge in [-0.25, -0.2) is 9.97 Å². The average Bonchev–Trinajstić information content (AvgIpc) is 2.60. The van der Waals surface area contributed by atoms with Crippen molar-refractivity contribution in [3.05, 3.63) is 50.9 Å². The third kappa shape index (κ3) is 4.05. The Morgan fingerprint density at radius 2 is 1.81 bits per heavy atom. The Balaban J connectivity index is 1.85. The van der Waals surface area contributed by atoms with Crippen LogP contribution in [0.4, 0.5) is 30.4 Å². The van der Waals surface area contributed by atoms with Gasteiger partial charge < -0.3 is 9.80 Å². The number of hydrogen-bond acceptors (Lipinski definition) is 6. The molecule has 0 aliphatic carbocycles. The number of nitro benzene ring substituents is 1. The van der Waals surface area contributed by atoms with Crippen molar-refractivity contribution in [2.24, 2.45) is 0 Å². The maximum atomic E-state index is 13.0. The Hall–Kier alpha value is -2.62. The van der Waals surface area contributed by atoms with E-state index in [0.29, 0.717) is 38.1 Å². The van der Waals surface area contributed by atoms with E-state index in [2.05, 4.69) is 9.97 Å². The highest BCUT2D eigenvalue weighted by molar-refractivity contribution is 6.31. The summed E-state index contributed by atoms with van der Waals surface area (Å²) in [6.45, 7) is 3.54. The maximum Gasteiger partial charge on any atom is 0.418 e. The fraction of sp³-hybridized carbons (Fsp3) is 0.375. The first-order valence-corrected chi connectivity index (χ1v) is 8.39. The fourth-order valence-electron chi connectivity index (χ4n) is 2.96. The summed E-state index contributed by atoms with van der Waals surface area (Å²) in [7, 11) is 0. The van der Waals surface area contributed by atoms with E-state index in [4.69, 9.17) is 11.6 Å². The van der Waals surface area contributed by atoms with Gasteiger partial charge in [-0.3, -0.25) is 10.1 Å². The van der Waals surface area contributed by atoms with Gasteiger partial charge in [0.05, 0.1) is 15.5 Å². The highest BCUT2D eigenvalue weighted by Gasteiger charge is 2.37. The predicted molar refractivity (Wildman–Crippen MR) is 94.3 cm³/mol. The van der Waals surface area contributed by atoms with Gasteiger partial charge >= 0.3 is 6.18 Å². The van der Waals surface area contributed by atoms with Crippen LogP contribution in [0.5, 0.6) is 0 Å². The number of nitrogens with zero attached hydrogens (tertiary/aromatic N) is 5. The third-order valence-electron chi connectivity index (χ3n) is 4.27. The zero-order valence-corrected chi connectivity index (χ0v) is 15.0. The Kier molecular flexibility index (Phi) is 5.09. The summed E-state index contributed by atoms with van der Waals surface area (Å²) in [6.07, 6.45) is -3.12. The van der Waals surface area contributed by atoms with Crippen LogP contribution in [0.15, 0.2) is 24.4 Å². The van der Waals surface area contributed by atoms with Gasteiger partial charge in [0.15, 0.2) is 0 Å². The Morgan fingerprint density at radius 3 is 2.37 bits per heavy atom. The lowest BCUT2D eigenvalue weighted by Gasteiger charge is -2.36. The van der Waals surface area contributed by atoms with Crippen LogP contribution in [0.3, 0.4) is 0 Å². The second kappa shape index (κ2) is 7.18. The van der Waals surface area contributed by atoms with Gasteiger partial charge in [-0.2, -0.15) is 13.2 Å². The summed E-state index contributed by atoms with van der Waals surface area (Å²) >= 11 is 5.76. The van der Waals surface area contributed by atoms with E-state index in [0.717, 1.165) is 11.9 Å². The van der Waals surface area contributed by atoms with Gasteiger partial charge in [-0.05, 0) is 19.1 Å². The number of piperazine rings is 1. The van der Waals surface area contributed by atoms with Crippen LogP contribution in [0, 0.1) is 17.0 Å². The molecule has 2 heterocycles. The molecule has 0 N–H and O–H groups in total. The summed E-state index contributed by atoms with van der Waals surface area (Å²) in [5.74, 6) is 1.36. The monoisotopic (exact) mass is 401 g/mol. The van der Waals surface area contributed by atoms with E-state index in [1.807, 2.05) is 4.90 Å². The van der Waals surface area contributed by atoms with Crippen molar-refractivity contribution in [3.63, 3.8) is 0 Å². The molecule has 0 saturated carbocycles. The first-order chi connectivity index (χ1) is 12.7. The molecule has 0 unspecified atom stereocenters. The van der Waals surface area contributed by atoms with Crippen molar-refractivity contribution in [2.45, 2.75) is 13.1 Å². The number of benzene rings is 1. The largest absolute Gasteiger partial charge is 0.418 e. The molecule has 3 rings (SSSR count). The molecule has 1 aromatic heterocycles. The standard InChI is InChI=1S/C16H15ClF3N5O2/c1-10-21-3-2-15(22-10)24-6-4-23(5-7-24)13-9-12(17)11(16(18,19)20)8-14(13)25(26)27/h2-3,8-9H,4-7H2,1H3. The zero-order chi connectivity index (χ0) is 19.8.